The molecular weight excluding hydrogens is 338 g/mol. The molecule has 0 saturated carbocycles. The molecule has 1 atom stereocenters. The number of benzene rings is 2. The van der Waals surface area contributed by atoms with Crippen LogP contribution in [0.1, 0.15) is 42.8 Å². The first kappa shape index (κ1) is 17.7. The predicted octanol–water partition coefficient (Wildman–Crippen LogP) is 1.83. The molecule has 3 aromatic rings. The van der Waals surface area contributed by atoms with Gasteiger partial charge < -0.3 is 10.0 Å². The van der Waals surface area contributed by atoms with Crippen LogP contribution in [0.2, 0.25) is 0 Å². The summed E-state index contributed by atoms with van der Waals surface area (Å²) in [5.74, 6) is 1.94. The van der Waals surface area contributed by atoms with Crippen LogP contribution in [0.5, 0.6) is 5.75 Å². The van der Waals surface area contributed by atoms with Gasteiger partial charge in [0, 0.05) is 5.56 Å². The molecule has 2 heterocycles. The first-order chi connectivity index (χ1) is 13.2. The summed E-state index contributed by atoms with van der Waals surface area (Å²) in [5.41, 5.74) is 2.32. The number of piperidine rings is 1. The van der Waals surface area contributed by atoms with E-state index in [1.165, 1.54) is 23.3 Å². The lowest BCUT2D eigenvalue weighted by Crippen LogP contribution is -3.13. The molecule has 0 radical (unpaired) electrons. The van der Waals surface area contributed by atoms with Crippen molar-refractivity contribution in [3.8, 4) is 5.75 Å². The van der Waals surface area contributed by atoms with Crippen LogP contribution in [0, 0.1) is 5.92 Å². The Balaban J connectivity index is 1.69. The Kier molecular flexibility index (Phi) is 5.16. The number of hydrogen-bond donors (Lipinski definition) is 2. The van der Waals surface area contributed by atoms with Crippen LogP contribution in [0.15, 0.2) is 54.6 Å². The van der Waals surface area contributed by atoms with Crippen LogP contribution in [0.4, 0.5) is 0 Å². The van der Waals surface area contributed by atoms with E-state index in [-0.39, 0.29) is 11.8 Å². The molecule has 2 N–H and O–H groups in total. The Morgan fingerprint density at radius 2 is 1.78 bits per heavy atom. The van der Waals surface area contributed by atoms with Crippen LogP contribution >= 0.6 is 0 Å². The van der Waals surface area contributed by atoms with Crippen molar-refractivity contribution < 1.29 is 10.0 Å². The van der Waals surface area contributed by atoms with Gasteiger partial charge >= 0.3 is 0 Å². The van der Waals surface area contributed by atoms with Crippen molar-refractivity contribution in [3.63, 3.8) is 0 Å². The first-order valence-corrected chi connectivity index (χ1v) is 9.64. The predicted molar refractivity (Wildman–Crippen MR) is 102 cm³/mol. The molecule has 0 bridgehead atoms. The molecule has 140 valence electrons. The van der Waals surface area contributed by atoms with Crippen LogP contribution in [-0.4, -0.2) is 38.4 Å². The molecule has 1 fully saturated rings. The Labute approximate surface area is 159 Å². The number of aromatic hydroxyl groups is 1. The highest BCUT2D eigenvalue weighted by atomic mass is 16.3. The van der Waals surface area contributed by atoms with E-state index in [2.05, 4.69) is 34.6 Å². The lowest BCUT2D eigenvalue weighted by Gasteiger charge is -2.33. The number of likely N-dealkylation sites (tertiary alicyclic amines) is 1. The van der Waals surface area contributed by atoms with Crippen LogP contribution < -0.4 is 4.90 Å². The van der Waals surface area contributed by atoms with Crippen molar-refractivity contribution in [1.82, 2.24) is 20.2 Å². The Bertz CT molecular complexity index is 854. The minimum absolute atomic E-state index is 0.0665. The summed E-state index contributed by atoms with van der Waals surface area (Å²) in [6.45, 7) is 5.18. The van der Waals surface area contributed by atoms with Crippen molar-refractivity contribution in [1.29, 1.82) is 0 Å². The molecular formula is C21H26N5O+. The molecule has 1 aliphatic heterocycles. The number of rotatable bonds is 5. The number of phenolic OH excluding ortho intramolecular Hbond substituents is 1. The standard InChI is InChI=1S/C21H25N5O/c1-16-11-13-25(14-12-16)20(18-7-9-19(27)10-8-18)21-22-23-24-26(21)15-17-5-3-2-4-6-17/h2-10,16,20,27H,11-15H2,1H3/p+1/t20-/m0/s1. The van der Waals surface area contributed by atoms with Crippen LogP contribution in [0.25, 0.3) is 0 Å². The van der Waals surface area contributed by atoms with Gasteiger partial charge in [0.2, 0.25) is 5.82 Å². The molecule has 1 saturated heterocycles. The fourth-order valence-electron chi connectivity index (χ4n) is 3.94. The van der Waals surface area contributed by atoms with Gasteiger partial charge in [0.05, 0.1) is 19.6 Å². The minimum atomic E-state index is 0.0665. The molecule has 1 aliphatic rings. The Morgan fingerprint density at radius 3 is 2.48 bits per heavy atom. The zero-order valence-electron chi connectivity index (χ0n) is 15.6. The third kappa shape index (κ3) is 4.01. The third-order valence-corrected chi connectivity index (χ3v) is 5.54. The number of nitrogens with zero attached hydrogens (tertiary/aromatic N) is 4. The van der Waals surface area contributed by atoms with Crippen LogP contribution in [0.3, 0.4) is 0 Å². The SMILES string of the molecule is CC1CC[NH+]([C@@H](c2ccc(O)cc2)c2nnnn2Cc2ccccc2)CC1. The highest BCUT2D eigenvalue weighted by Gasteiger charge is 2.33. The average molecular weight is 364 g/mol. The summed E-state index contributed by atoms with van der Waals surface area (Å²) in [7, 11) is 0. The second-order valence-electron chi connectivity index (χ2n) is 7.55. The van der Waals surface area contributed by atoms with E-state index < -0.39 is 0 Å². The van der Waals surface area contributed by atoms with E-state index in [1.807, 2.05) is 35.0 Å². The Morgan fingerprint density at radius 1 is 1.07 bits per heavy atom. The van der Waals surface area contributed by atoms with Gasteiger partial charge in [0.15, 0.2) is 6.04 Å². The Hall–Kier alpha value is -2.73. The maximum absolute atomic E-state index is 9.71. The van der Waals surface area contributed by atoms with Crippen molar-refractivity contribution in [2.45, 2.75) is 32.4 Å². The first-order valence-electron chi connectivity index (χ1n) is 9.64. The summed E-state index contributed by atoms with van der Waals surface area (Å²) in [5, 5.41) is 22.4. The summed E-state index contributed by atoms with van der Waals surface area (Å²) in [4.78, 5) is 1.49. The molecule has 2 aromatic carbocycles. The van der Waals surface area contributed by atoms with E-state index >= 15 is 0 Å². The van der Waals surface area contributed by atoms with E-state index in [9.17, 15) is 5.11 Å². The number of aromatic nitrogens is 4. The molecule has 6 nitrogen and oxygen atoms in total. The second kappa shape index (κ2) is 7.88. The van der Waals surface area contributed by atoms with Crippen LogP contribution in [-0.2, 0) is 6.54 Å². The van der Waals surface area contributed by atoms with E-state index in [0.717, 1.165) is 30.4 Å². The zero-order chi connectivity index (χ0) is 18.6. The molecule has 0 unspecified atom stereocenters. The number of nitrogens with one attached hydrogen (secondary N) is 1. The van der Waals surface area contributed by atoms with Gasteiger partial charge in [-0.2, -0.15) is 0 Å². The number of phenols is 1. The van der Waals surface area contributed by atoms with E-state index in [0.29, 0.717) is 6.54 Å². The van der Waals surface area contributed by atoms with E-state index in [1.54, 1.807) is 12.1 Å². The van der Waals surface area contributed by atoms with Crippen molar-refractivity contribution in [2.24, 2.45) is 5.92 Å². The normalized spacial score (nSPS) is 21.1. The summed E-state index contributed by atoms with van der Waals surface area (Å²) >= 11 is 0. The molecule has 4 rings (SSSR count). The minimum Gasteiger partial charge on any atom is -0.508 e. The maximum atomic E-state index is 9.71. The smallest absolute Gasteiger partial charge is 0.214 e. The lowest BCUT2D eigenvalue weighted by molar-refractivity contribution is -0.932. The maximum Gasteiger partial charge on any atom is 0.214 e. The summed E-state index contributed by atoms with van der Waals surface area (Å²) in [6.07, 6.45) is 2.42. The quantitative estimate of drug-likeness (QED) is 0.725. The van der Waals surface area contributed by atoms with Crippen molar-refractivity contribution in [3.05, 3.63) is 71.5 Å². The molecule has 0 spiro atoms. The highest BCUT2D eigenvalue weighted by molar-refractivity contribution is 5.30. The van der Waals surface area contributed by atoms with Gasteiger partial charge in [0.1, 0.15) is 5.75 Å². The van der Waals surface area contributed by atoms with Gasteiger partial charge in [-0.05, 0) is 59.0 Å². The van der Waals surface area contributed by atoms with E-state index in [4.69, 9.17) is 0 Å². The molecule has 0 amide bonds. The molecule has 0 aliphatic carbocycles. The molecule has 27 heavy (non-hydrogen) atoms. The van der Waals surface area contributed by atoms with Gasteiger partial charge in [-0.3, -0.25) is 0 Å². The van der Waals surface area contributed by atoms with Gasteiger partial charge in [-0.15, -0.1) is 5.10 Å². The average Bonchev–Trinajstić information content (AvgIpc) is 3.13. The fourth-order valence-corrected chi connectivity index (χ4v) is 3.94. The molecule has 6 heteroatoms. The third-order valence-electron chi connectivity index (χ3n) is 5.54. The largest absolute Gasteiger partial charge is 0.508 e. The summed E-state index contributed by atoms with van der Waals surface area (Å²) < 4.78 is 1.91. The highest BCUT2D eigenvalue weighted by Crippen LogP contribution is 2.22. The number of quaternary nitrogens is 1. The number of tetrazole rings is 1. The van der Waals surface area contributed by atoms with Crippen molar-refractivity contribution >= 4 is 0 Å². The topological polar surface area (TPSA) is 68.3 Å². The van der Waals surface area contributed by atoms with Gasteiger partial charge in [0.25, 0.3) is 0 Å². The van der Waals surface area contributed by atoms with Gasteiger partial charge in [-0.25, -0.2) is 4.68 Å². The monoisotopic (exact) mass is 364 g/mol. The molecule has 1 aromatic heterocycles. The van der Waals surface area contributed by atoms with Gasteiger partial charge in [-0.1, -0.05) is 37.3 Å². The zero-order valence-corrected chi connectivity index (χ0v) is 15.6. The number of hydrogen-bond acceptors (Lipinski definition) is 4. The fraction of sp³-hybridized carbons (Fsp3) is 0.381. The lowest BCUT2D eigenvalue weighted by atomic mass is 9.95. The summed E-state index contributed by atoms with van der Waals surface area (Å²) in [6, 6.07) is 17.8. The second-order valence-corrected chi connectivity index (χ2v) is 7.55. The van der Waals surface area contributed by atoms with Crippen molar-refractivity contribution in [2.75, 3.05) is 13.1 Å².